The molecule has 0 spiro atoms. The summed E-state index contributed by atoms with van der Waals surface area (Å²) in [6.07, 6.45) is 7.47. The quantitative estimate of drug-likeness (QED) is 0.632. The summed E-state index contributed by atoms with van der Waals surface area (Å²) in [5.41, 5.74) is 0.999. The number of ether oxygens (including phenoxy) is 1. The minimum atomic E-state index is -0.201. The van der Waals surface area contributed by atoms with Gasteiger partial charge in [-0.2, -0.15) is 0 Å². The molecule has 0 heterocycles. The van der Waals surface area contributed by atoms with Gasteiger partial charge in [-0.05, 0) is 24.1 Å². The van der Waals surface area contributed by atoms with Gasteiger partial charge in [0.1, 0.15) is 5.82 Å². The Labute approximate surface area is 96.9 Å². The summed E-state index contributed by atoms with van der Waals surface area (Å²) in [5, 5.41) is 0. The molecule has 0 saturated carbocycles. The van der Waals surface area contributed by atoms with E-state index in [0.29, 0.717) is 6.61 Å². The first-order valence-corrected chi connectivity index (χ1v) is 5.83. The van der Waals surface area contributed by atoms with Crippen LogP contribution in [0.4, 0.5) is 4.39 Å². The van der Waals surface area contributed by atoms with Gasteiger partial charge < -0.3 is 4.74 Å². The van der Waals surface area contributed by atoms with Crippen molar-refractivity contribution in [2.75, 3.05) is 13.2 Å². The van der Waals surface area contributed by atoms with Crippen LogP contribution in [0.5, 0.6) is 0 Å². The number of halogens is 1. The predicted octanol–water partition coefficient (Wildman–Crippen LogP) is 4.05. The van der Waals surface area contributed by atoms with E-state index in [2.05, 4.69) is 6.92 Å². The van der Waals surface area contributed by atoms with Gasteiger partial charge in [-0.1, -0.05) is 44.1 Å². The Balaban J connectivity index is 2.14. The Bertz CT molecular complexity index is 303. The normalized spacial score (nSPS) is 11.1. The van der Waals surface area contributed by atoms with E-state index >= 15 is 0 Å². The van der Waals surface area contributed by atoms with E-state index in [1.165, 1.54) is 25.0 Å². The van der Waals surface area contributed by atoms with E-state index in [1.807, 2.05) is 12.2 Å². The Kier molecular flexibility index (Phi) is 6.50. The molecule has 0 atom stereocenters. The van der Waals surface area contributed by atoms with E-state index in [9.17, 15) is 4.39 Å². The molecular formula is C14H19FO. The highest BCUT2D eigenvalue weighted by atomic mass is 19.1. The van der Waals surface area contributed by atoms with Gasteiger partial charge in [0, 0.05) is 6.61 Å². The standard InChI is InChI=1S/C14H19FO/c1-2-3-4-11-16-12-5-6-13-7-9-14(15)10-8-13/h5-10H,2-4,11-12H2,1H3/b6-5+. The van der Waals surface area contributed by atoms with Crippen LogP contribution >= 0.6 is 0 Å². The van der Waals surface area contributed by atoms with Crippen molar-refractivity contribution in [2.24, 2.45) is 0 Å². The molecule has 0 aliphatic carbocycles. The lowest BCUT2D eigenvalue weighted by Gasteiger charge is -1.99. The minimum Gasteiger partial charge on any atom is -0.377 e. The predicted molar refractivity (Wildman–Crippen MR) is 65.8 cm³/mol. The molecule has 0 amide bonds. The maximum absolute atomic E-state index is 12.6. The zero-order chi connectivity index (χ0) is 11.6. The number of hydrogen-bond donors (Lipinski definition) is 0. The van der Waals surface area contributed by atoms with Crippen molar-refractivity contribution in [3.63, 3.8) is 0 Å². The second-order valence-corrected chi connectivity index (χ2v) is 3.74. The Morgan fingerprint density at radius 1 is 1.19 bits per heavy atom. The van der Waals surface area contributed by atoms with E-state index < -0.39 is 0 Å². The highest BCUT2D eigenvalue weighted by molar-refractivity contribution is 5.48. The lowest BCUT2D eigenvalue weighted by Crippen LogP contribution is -1.93. The van der Waals surface area contributed by atoms with Crippen molar-refractivity contribution in [1.29, 1.82) is 0 Å². The summed E-state index contributed by atoms with van der Waals surface area (Å²) >= 11 is 0. The first kappa shape index (κ1) is 12.9. The monoisotopic (exact) mass is 222 g/mol. The van der Waals surface area contributed by atoms with E-state index in [4.69, 9.17) is 4.74 Å². The van der Waals surface area contributed by atoms with Crippen LogP contribution in [0.3, 0.4) is 0 Å². The molecule has 1 aromatic rings. The highest BCUT2D eigenvalue weighted by Crippen LogP contribution is 2.04. The molecule has 0 aliphatic heterocycles. The van der Waals surface area contributed by atoms with Gasteiger partial charge in [0.2, 0.25) is 0 Å². The van der Waals surface area contributed by atoms with Crippen molar-refractivity contribution in [1.82, 2.24) is 0 Å². The first-order chi connectivity index (χ1) is 7.83. The van der Waals surface area contributed by atoms with Gasteiger partial charge in [0.25, 0.3) is 0 Å². The van der Waals surface area contributed by atoms with Crippen molar-refractivity contribution in [3.8, 4) is 0 Å². The molecule has 0 aliphatic rings. The average molecular weight is 222 g/mol. The molecule has 0 N–H and O–H groups in total. The van der Waals surface area contributed by atoms with Crippen LogP contribution in [-0.4, -0.2) is 13.2 Å². The highest BCUT2D eigenvalue weighted by Gasteiger charge is 1.89. The number of unbranched alkanes of at least 4 members (excludes halogenated alkanes) is 2. The molecule has 0 saturated heterocycles. The van der Waals surface area contributed by atoms with Gasteiger partial charge in [0.15, 0.2) is 0 Å². The second kappa shape index (κ2) is 8.05. The topological polar surface area (TPSA) is 9.23 Å². The van der Waals surface area contributed by atoms with Gasteiger partial charge in [0.05, 0.1) is 6.61 Å². The van der Waals surface area contributed by atoms with Crippen molar-refractivity contribution >= 4 is 6.08 Å². The third kappa shape index (κ3) is 5.66. The summed E-state index contributed by atoms with van der Waals surface area (Å²) in [7, 11) is 0. The molecule has 2 heteroatoms. The van der Waals surface area contributed by atoms with Crippen LogP contribution < -0.4 is 0 Å². The number of hydrogen-bond acceptors (Lipinski definition) is 1. The van der Waals surface area contributed by atoms with Crippen LogP contribution in [0.1, 0.15) is 31.7 Å². The lowest BCUT2D eigenvalue weighted by atomic mass is 10.2. The molecule has 0 bridgehead atoms. The third-order valence-corrected chi connectivity index (χ3v) is 2.29. The van der Waals surface area contributed by atoms with Crippen LogP contribution in [0, 0.1) is 5.82 Å². The zero-order valence-corrected chi connectivity index (χ0v) is 9.79. The summed E-state index contributed by atoms with van der Waals surface area (Å²) in [6.45, 7) is 3.62. The summed E-state index contributed by atoms with van der Waals surface area (Å²) < 4.78 is 18.0. The summed E-state index contributed by atoms with van der Waals surface area (Å²) in [5.74, 6) is -0.201. The first-order valence-electron chi connectivity index (χ1n) is 5.83. The fourth-order valence-corrected chi connectivity index (χ4v) is 1.36. The molecule has 1 nitrogen and oxygen atoms in total. The molecule has 0 aromatic heterocycles. The van der Waals surface area contributed by atoms with E-state index in [1.54, 1.807) is 12.1 Å². The Hall–Kier alpha value is -1.15. The van der Waals surface area contributed by atoms with Crippen molar-refractivity contribution in [2.45, 2.75) is 26.2 Å². The molecule has 16 heavy (non-hydrogen) atoms. The SMILES string of the molecule is CCCCCOC/C=C/c1ccc(F)cc1. The fraction of sp³-hybridized carbons (Fsp3) is 0.429. The molecule has 0 radical (unpaired) electrons. The average Bonchev–Trinajstić information content (AvgIpc) is 2.30. The van der Waals surface area contributed by atoms with Gasteiger partial charge in [-0.15, -0.1) is 0 Å². The van der Waals surface area contributed by atoms with Crippen LogP contribution in [0.15, 0.2) is 30.3 Å². The molecule has 0 fully saturated rings. The molecular weight excluding hydrogens is 203 g/mol. The van der Waals surface area contributed by atoms with Gasteiger partial charge in [-0.3, -0.25) is 0 Å². The Morgan fingerprint density at radius 2 is 1.94 bits per heavy atom. The zero-order valence-electron chi connectivity index (χ0n) is 9.79. The van der Waals surface area contributed by atoms with Crippen LogP contribution in [-0.2, 0) is 4.74 Å². The molecule has 88 valence electrons. The number of rotatable bonds is 7. The second-order valence-electron chi connectivity index (χ2n) is 3.74. The van der Waals surface area contributed by atoms with E-state index in [-0.39, 0.29) is 5.82 Å². The third-order valence-electron chi connectivity index (χ3n) is 2.29. The van der Waals surface area contributed by atoms with Crippen LogP contribution in [0.2, 0.25) is 0 Å². The van der Waals surface area contributed by atoms with Gasteiger partial charge in [-0.25, -0.2) is 4.39 Å². The summed E-state index contributed by atoms with van der Waals surface area (Å²) in [6, 6.07) is 6.43. The summed E-state index contributed by atoms with van der Waals surface area (Å²) in [4.78, 5) is 0. The number of benzene rings is 1. The lowest BCUT2D eigenvalue weighted by molar-refractivity contribution is 0.158. The van der Waals surface area contributed by atoms with Crippen molar-refractivity contribution in [3.05, 3.63) is 41.7 Å². The van der Waals surface area contributed by atoms with E-state index in [0.717, 1.165) is 18.6 Å². The van der Waals surface area contributed by atoms with Crippen molar-refractivity contribution < 1.29 is 9.13 Å². The fourth-order valence-electron chi connectivity index (χ4n) is 1.36. The van der Waals surface area contributed by atoms with Gasteiger partial charge >= 0.3 is 0 Å². The minimum absolute atomic E-state index is 0.201. The largest absolute Gasteiger partial charge is 0.377 e. The maximum atomic E-state index is 12.6. The molecule has 1 rings (SSSR count). The molecule has 1 aromatic carbocycles. The smallest absolute Gasteiger partial charge is 0.123 e. The molecule has 0 unspecified atom stereocenters. The maximum Gasteiger partial charge on any atom is 0.123 e. The Morgan fingerprint density at radius 3 is 2.62 bits per heavy atom. The van der Waals surface area contributed by atoms with Crippen LogP contribution in [0.25, 0.3) is 6.08 Å².